The molecular weight excluding hydrogens is 352 g/mol. The molecule has 0 bridgehead atoms. The number of aromatic nitrogens is 3. The first-order valence-electron chi connectivity index (χ1n) is 10.0. The topological polar surface area (TPSA) is 68.5 Å². The molecule has 0 unspecified atom stereocenters. The van der Waals surface area contributed by atoms with Gasteiger partial charge in [-0.05, 0) is 73.6 Å². The Kier molecular flexibility index (Phi) is 4.36. The molecule has 1 saturated carbocycles. The highest BCUT2D eigenvalue weighted by Crippen LogP contribution is 2.29. The third kappa shape index (κ3) is 3.29. The van der Waals surface area contributed by atoms with Crippen molar-refractivity contribution in [2.24, 2.45) is 0 Å². The Balaban J connectivity index is 1.48. The van der Waals surface area contributed by atoms with Crippen molar-refractivity contribution in [3.8, 4) is 11.1 Å². The molecule has 1 N–H and O–H groups in total. The van der Waals surface area contributed by atoms with Gasteiger partial charge in [0.15, 0.2) is 5.65 Å². The monoisotopic (exact) mass is 376 g/mol. The van der Waals surface area contributed by atoms with Gasteiger partial charge in [0.25, 0.3) is 5.91 Å². The second kappa shape index (κ2) is 7.02. The van der Waals surface area contributed by atoms with E-state index in [0.717, 1.165) is 67.1 Å². The van der Waals surface area contributed by atoms with Gasteiger partial charge >= 0.3 is 0 Å². The predicted octanol–water partition coefficient (Wildman–Crippen LogP) is 3.49. The fourth-order valence-corrected chi connectivity index (χ4v) is 3.88. The molecule has 0 spiro atoms. The van der Waals surface area contributed by atoms with Crippen molar-refractivity contribution in [2.75, 3.05) is 13.2 Å². The lowest BCUT2D eigenvalue weighted by Crippen LogP contribution is -2.25. The van der Waals surface area contributed by atoms with Crippen LogP contribution in [-0.2, 0) is 4.74 Å². The van der Waals surface area contributed by atoms with Gasteiger partial charge in [-0.2, -0.15) is 0 Å². The molecule has 1 aliphatic heterocycles. The molecule has 3 aromatic rings. The number of carbonyl (C=O) groups is 1. The van der Waals surface area contributed by atoms with Crippen LogP contribution in [0.3, 0.4) is 0 Å². The molecule has 2 aliphatic rings. The van der Waals surface area contributed by atoms with E-state index in [9.17, 15) is 4.79 Å². The molecule has 0 radical (unpaired) electrons. The minimum atomic E-state index is 0.00843. The van der Waals surface area contributed by atoms with Crippen molar-refractivity contribution in [3.63, 3.8) is 0 Å². The van der Waals surface area contributed by atoms with Gasteiger partial charge in [-0.3, -0.25) is 9.20 Å². The Hall–Kier alpha value is -2.73. The van der Waals surface area contributed by atoms with Crippen molar-refractivity contribution >= 4 is 11.6 Å². The maximum absolute atomic E-state index is 12.4. The lowest BCUT2D eigenvalue weighted by Gasteiger charge is -2.20. The zero-order valence-electron chi connectivity index (χ0n) is 16.0. The summed E-state index contributed by atoms with van der Waals surface area (Å²) >= 11 is 0. The van der Waals surface area contributed by atoms with E-state index >= 15 is 0 Å². The van der Waals surface area contributed by atoms with Crippen LogP contribution in [0.25, 0.3) is 16.8 Å². The van der Waals surface area contributed by atoms with Crippen molar-refractivity contribution in [2.45, 2.75) is 44.6 Å². The van der Waals surface area contributed by atoms with Gasteiger partial charge < -0.3 is 10.1 Å². The summed E-state index contributed by atoms with van der Waals surface area (Å²) in [6.45, 7) is 3.64. The Morgan fingerprint density at radius 2 is 1.93 bits per heavy atom. The first-order chi connectivity index (χ1) is 13.7. The van der Waals surface area contributed by atoms with Gasteiger partial charge in [0, 0.05) is 36.9 Å². The summed E-state index contributed by atoms with van der Waals surface area (Å²) in [7, 11) is 0. The lowest BCUT2D eigenvalue weighted by molar-refractivity contribution is 0.0834. The fourth-order valence-electron chi connectivity index (χ4n) is 3.88. The van der Waals surface area contributed by atoms with Gasteiger partial charge in [-0.15, -0.1) is 10.2 Å². The number of fused-ring (bicyclic) bond motifs is 1. The molecule has 1 aliphatic carbocycles. The van der Waals surface area contributed by atoms with Crippen LogP contribution in [-0.4, -0.2) is 39.8 Å². The molecule has 2 fully saturated rings. The van der Waals surface area contributed by atoms with Gasteiger partial charge in [-0.1, -0.05) is 6.07 Å². The Morgan fingerprint density at radius 3 is 2.71 bits per heavy atom. The summed E-state index contributed by atoms with van der Waals surface area (Å²) in [6, 6.07) is 10.4. The Morgan fingerprint density at radius 1 is 1.11 bits per heavy atom. The summed E-state index contributed by atoms with van der Waals surface area (Å²) in [5.41, 5.74) is 4.79. The molecule has 144 valence electrons. The first-order valence-corrected chi connectivity index (χ1v) is 10.0. The van der Waals surface area contributed by atoms with E-state index in [-0.39, 0.29) is 5.91 Å². The Labute approximate surface area is 163 Å². The third-order valence-electron chi connectivity index (χ3n) is 5.75. The third-order valence-corrected chi connectivity index (χ3v) is 5.75. The molecule has 5 rings (SSSR count). The summed E-state index contributed by atoms with van der Waals surface area (Å²) in [6.07, 6.45) is 6.19. The Bertz CT molecular complexity index is 1030. The SMILES string of the molecule is Cc1ccc(C(=O)NC2CC2)cc1-c1ccn2c(C3CCOCC3)nnc2c1. The smallest absolute Gasteiger partial charge is 0.251 e. The van der Waals surface area contributed by atoms with Crippen molar-refractivity contribution in [1.82, 2.24) is 19.9 Å². The first kappa shape index (κ1) is 17.4. The molecule has 0 atom stereocenters. The molecule has 3 heterocycles. The van der Waals surface area contributed by atoms with Crippen LogP contribution in [0.4, 0.5) is 0 Å². The van der Waals surface area contributed by atoms with E-state index in [0.29, 0.717) is 17.5 Å². The number of hydrogen-bond donors (Lipinski definition) is 1. The number of pyridine rings is 1. The second-order valence-electron chi connectivity index (χ2n) is 7.87. The molecule has 2 aromatic heterocycles. The van der Waals surface area contributed by atoms with Crippen molar-refractivity contribution in [1.29, 1.82) is 0 Å². The van der Waals surface area contributed by atoms with Gasteiger partial charge in [0.1, 0.15) is 5.82 Å². The van der Waals surface area contributed by atoms with Gasteiger partial charge in [0.2, 0.25) is 0 Å². The summed E-state index contributed by atoms with van der Waals surface area (Å²) in [5.74, 6) is 1.42. The second-order valence-corrected chi connectivity index (χ2v) is 7.87. The normalized spacial score (nSPS) is 17.8. The van der Waals surface area contributed by atoms with Crippen LogP contribution in [0, 0.1) is 6.92 Å². The van der Waals surface area contributed by atoms with E-state index < -0.39 is 0 Å². The molecule has 6 heteroatoms. The number of nitrogens with one attached hydrogen (secondary N) is 1. The van der Waals surface area contributed by atoms with Gasteiger partial charge in [-0.25, -0.2) is 0 Å². The number of nitrogens with zero attached hydrogens (tertiary/aromatic N) is 3. The number of ether oxygens (including phenoxy) is 1. The van der Waals surface area contributed by atoms with Gasteiger partial charge in [0.05, 0.1) is 0 Å². The average molecular weight is 376 g/mol. The van der Waals surface area contributed by atoms with E-state index in [1.165, 1.54) is 0 Å². The number of amides is 1. The standard InChI is InChI=1S/C22H24N4O2/c1-14-2-3-17(22(27)23-18-4-5-18)12-19(14)16-6-9-26-20(13-16)24-25-21(26)15-7-10-28-11-8-15/h2-3,6,9,12-13,15,18H,4-5,7-8,10-11H2,1H3,(H,23,27). The number of rotatable bonds is 4. The molecule has 1 amide bonds. The number of aryl methyl sites for hydroxylation is 1. The molecule has 6 nitrogen and oxygen atoms in total. The summed E-state index contributed by atoms with van der Waals surface area (Å²) in [5, 5.41) is 11.9. The maximum Gasteiger partial charge on any atom is 0.251 e. The minimum Gasteiger partial charge on any atom is -0.381 e. The molecular formula is C22H24N4O2. The molecule has 1 saturated heterocycles. The zero-order valence-corrected chi connectivity index (χ0v) is 16.0. The predicted molar refractivity (Wildman–Crippen MR) is 106 cm³/mol. The summed E-state index contributed by atoms with van der Waals surface area (Å²) < 4.78 is 7.55. The van der Waals surface area contributed by atoms with Crippen molar-refractivity contribution in [3.05, 3.63) is 53.5 Å². The van der Waals surface area contributed by atoms with E-state index in [1.54, 1.807) is 0 Å². The number of hydrogen-bond acceptors (Lipinski definition) is 4. The lowest BCUT2D eigenvalue weighted by atomic mass is 9.98. The summed E-state index contributed by atoms with van der Waals surface area (Å²) in [4.78, 5) is 12.4. The fraction of sp³-hybridized carbons (Fsp3) is 0.409. The van der Waals surface area contributed by atoms with Crippen LogP contribution < -0.4 is 5.32 Å². The quantitative estimate of drug-likeness (QED) is 0.757. The number of benzene rings is 1. The highest BCUT2D eigenvalue weighted by atomic mass is 16.5. The van der Waals surface area contributed by atoms with Crippen molar-refractivity contribution < 1.29 is 9.53 Å². The van der Waals surface area contributed by atoms with Crippen LogP contribution in [0.2, 0.25) is 0 Å². The molecule has 28 heavy (non-hydrogen) atoms. The maximum atomic E-state index is 12.4. The van der Waals surface area contributed by atoms with E-state index in [2.05, 4.69) is 39.0 Å². The molecule has 1 aromatic carbocycles. The highest BCUT2D eigenvalue weighted by Gasteiger charge is 2.24. The largest absolute Gasteiger partial charge is 0.381 e. The minimum absolute atomic E-state index is 0.00843. The van der Waals surface area contributed by atoms with E-state index in [4.69, 9.17) is 4.74 Å². The highest BCUT2D eigenvalue weighted by molar-refractivity contribution is 5.96. The van der Waals surface area contributed by atoms with Crippen LogP contribution >= 0.6 is 0 Å². The van der Waals surface area contributed by atoms with Crippen LogP contribution in [0.1, 0.15) is 53.3 Å². The number of carbonyl (C=O) groups excluding carboxylic acids is 1. The van der Waals surface area contributed by atoms with Crippen LogP contribution in [0.5, 0.6) is 0 Å². The van der Waals surface area contributed by atoms with Crippen LogP contribution in [0.15, 0.2) is 36.5 Å². The zero-order chi connectivity index (χ0) is 19.1. The average Bonchev–Trinajstić information content (AvgIpc) is 3.44. The van der Waals surface area contributed by atoms with E-state index in [1.807, 2.05) is 24.4 Å².